The molecular weight excluding hydrogens is 322 g/mol. The van der Waals surface area contributed by atoms with Gasteiger partial charge in [0, 0.05) is 18.1 Å². The molecule has 0 aliphatic rings. The van der Waals surface area contributed by atoms with Crippen LogP contribution in [0.25, 0.3) is 5.69 Å². The van der Waals surface area contributed by atoms with E-state index in [-0.39, 0.29) is 16.9 Å². The molecule has 2 amide bonds. The molecule has 10 heteroatoms. The maximum Gasteiger partial charge on any atom is 0.419 e. The molecule has 0 saturated heterocycles. The molecule has 0 radical (unpaired) electrons. The van der Waals surface area contributed by atoms with Crippen molar-refractivity contribution in [2.45, 2.75) is 6.18 Å². The number of hydrogen-bond donors (Lipinski definition) is 3. The van der Waals surface area contributed by atoms with Crippen LogP contribution in [0.4, 0.5) is 28.0 Å². The topological polar surface area (TPSA) is 97.4 Å². The second-order valence-corrected chi connectivity index (χ2v) is 4.45. The van der Waals surface area contributed by atoms with Crippen LogP contribution in [0, 0.1) is 5.82 Å². The average molecular weight is 331 g/mol. The van der Waals surface area contributed by atoms with Gasteiger partial charge in [-0.15, -0.1) is 0 Å². The lowest BCUT2D eigenvalue weighted by atomic mass is 10.2. The summed E-state index contributed by atoms with van der Waals surface area (Å²) in [4.78, 5) is 21.9. The maximum absolute atomic E-state index is 13.6. The third-order valence-corrected chi connectivity index (χ3v) is 2.87. The number of primary amides is 1. The van der Waals surface area contributed by atoms with Crippen LogP contribution in [0.5, 0.6) is 0 Å². The van der Waals surface area contributed by atoms with Gasteiger partial charge in [0.25, 0.3) is 0 Å². The number of alkyl halides is 3. The number of carbonyl (C=O) groups excluding carboxylic acids is 1. The molecule has 0 fully saturated rings. The Morgan fingerprint density at radius 3 is 2.35 bits per heavy atom. The van der Waals surface area contributed by atoms with E-state index in [0.29, 0.717) is 12.1 Å². The van der Waals surface area contributed by atoms with Crippen molar-refractivity contribution < 1.29 is 32.3 Å². The molecule has 0 unspecified atom stereocenters. The summed E-state index contributed by atoms with van der Waals surface area (Å²) in [5.74, 6) is -2.91. The van der Waals surface area contributed by atoms with Gasteiger partial charge in [0.05, 0.1) is 11.3 Å². The van der Waals surface area contributed by atoms with Crippen molar-refractivity contribution in [3.05, 3.63) is 47.5 Å². The van der Waals surface area contributed by atoms with Crippen molar-refractivity contribution in [3.63, 3.8) is 0 Å². The van der Waals surface area contributed by atoms with Crippen molar-refractivity contribution in [3.8, 4) is 5.69 Å². The standard InChI is InChI=1S/C13H9F4N3O3/c14-9-3-6(1-2-8(9)13(15,16)17)20-4-7(11(21)22)10(5-20)19-12(18)23/h1-5H,(H,21,22)(H3,18,19,23). The van der Waals surface area contributed by atoms with Gasteiger partial charge in [0.2, 0.25) is 0 Å². The van der Waals surface area contributed by atoms with Crippen molar-refractivity contribution in [1.82, 2.24) is 4.57 Å². The normalized spacial score (nSPS) is 11.3. The lowest BCUT2D eigenvalue weighted by Crippen LogP contribution is -2.20. The minimum atomic E-state index is -4.84. The van der Waals surface area contributed by atoms with E-state index in [2.05, 4.69) is 5.32 Å². The number of anilines is 1. The number of benzene rings is 1. The van der Waals surface area contributed by atoms with Crippen molar-refractivity contribution >= 4 is 17.7 Å². The van der Waals surface area contributed by atoms with Gasteiger partial charge < -0.3 is 20.7 Å². The minimum absolute atomic E-state index is 0.0597. The Bertz CT molecular complexity index is 783. The van der Waals surface area contributed by atoms with Crippen LogP contribution in [0.2, 0.25) is 0 Å². The van der Waals surface area contributed by atoms with Gasteiger partial charge in [-0.1, -0.05) is 0 Å². The Kier molecular flexibility index (Phi) is 4.00. The van der Waals surface area contributed by atoms with Crippen molar-refractivity contribution in [2.24, 2.45) is 5.73 Å². The first-order valence-corrected chi connectivity index (χ1v) is 5.98. The van der Waals surface area contributed by atoms with E-state index in [1.807, 2.05) is 0 Å². The fourth-order valence-electron chi connectivity index (χ4n) is 1.90. The molecule has 0 aliphatic carbocycles. The van der Waals surface area contributed by atoms with Gasteiger partial charge in [-0.25, -0.2) is 14.0 Å². The van der Waals surface area contributed by atoms with Gasteiger partial charge >= 0.3 is 18.2 Å². The molecule has 0 spiro atoms. The van der Waals surface area contributed by atoms with E-state index in [4.69, 9.17) is 10.8 Å². The number of aromatic carboxylic acids is 1. The third-order valence-electron chi connectivity index (χ3n) is 2.87. The molecule has 6 nitrogen and oxygen atoms in total. The van der Waals surface area contributed by atoms with Crippen LogP contribution < -0.4 is 11.1 Å². The molecule has 0 aliphatic heterocycles. The smallest absolute Gasteiger partial charge is 0.419 e. The molecule has 2 aromatic rings. The molecule has 0 bridgehead atoms. The summed E-state index contributed by atoms with van der Waals surface area (Å²) in [5.41, 5.74) is 2.86. The lowest BCUT2D eigenvalue weighted by Gasteiger charge is -2.10. The third kappa shape index (κ3) is 3.42. The number of nitrogens with zero attached hydrogens (tertiary/aromatic N) is 1. The first-order valence-electron chi connectivity index (χ1n) is 5.98. The predicted molar refractivity (Wildman–Crippen MR) is 70.9 cm³/mol. The van der Waals surface area contributed by atoms with Gasteiger partial charge in [-0.2, -0.15) is 13.2 Å². The molecule has 4 N–H and O–H groups in total. The number of nitrogens with two attached hydrogens (primary N) is 1. The molecule has 1 aromatic heterocycles. The zero-order valence-electron chi connectivity index (χ0n) is 11.2. The summed E-state index contributed by atoms with van der Waals surface area (Å²) in [6.45, 7) is 0. The number of carboxylic acids is 1. The minimum Gasteiger partial charge on any atom is -0.478 e. The number of carboxylic acid groups (broad SMARTS) is 1. The second kappa shape index (κ2) is 5.63. The van der Waals surface area contributed by atoms with Crippen LogP contribution >= 0.6 is 0 Å². The Hall–Kier alpha value is -3.04. The number of nitrogens with one attached hydrogen (secondary N) is 1. The predicted octanol–water partition coefficient (Wildman–Crippen LogP) is 2.82. The molecule has 0 saturated carbocycles. The van der Waals surface area contributed by atoms with E-state index in [9.17, 15) is 27.2 Å². The summed E-state index contributed by atoms with van der Waals surface area (Å²) in [6.07, 6.45) is -2.74. The zero-order valence-corrected chi connectivity index (χ0v) is 11.2. The quantitative estimate of drug-likeness (QED) is 0.754. The molecule has 1 heterocycles. The summed E-state index contributed by atoms with van der Waals surface area (Å²) in [6, 6.07) is 1.07. The van der Waals surface area contributed by atoms with Gasteiger partial charge in [0.1, 0.15) is 11.4 Å². The molecule has 1 aromatic carbocycles. The molecular formula is C13H9F4N3O3. The second-order valence-electron chi connectivity index (χ2n) is 4.45. The maximum atomic E-state index is 13.6. The summed E-state index contributed by atoms with van der Waals surface area (Å²) in [5, 5.41) is 11.1. The van der Waals surface area contributed by atoms with Gasteiger partial charge in [-0.05, 0) is 18.2 Å². The molecule has 122 valence electrons. The number of aromatic nitrogens is 1. The highest BCUT2D eigenvalue weighted by Gasteiger charge is 2.34. The fraction of sp³-hybridized carbons (Fsp3) is 0.0769. The molecule has 23 heavy (non-hydrogen) atoms. The summed E-state index contributed by atoms with van der Waals surface area (Å²) >= 11 is 0. The fourth-order valence-corrected chi connectivity index (χ4v) is 1.90. The lowest BCUT2D eigenvalue weighted by molar-refractivity contribution is -0.140. The number of halogens is 4. The van der Waals surface area contributed by atoms with Crippen LogP contribution in [-0.4, -0.2) is 21.7 Å². The van der Waals surface area contributed by atoms with Crippen LogP contribution in [0.15, 0.2) is 30.6 Å². The summed E-state index contributed by atoms with van der Waals surface area (Å²) in [7, 11) is 0. The van der Waals surface area contributed by atoms with E-state index in [0.717, 1.165) is 23.0 Å². The van der Waals surface area contributed by atoms with Crippen LogP contribution in [0.3, 0.4) is 0 Å². The van der Waals surface area contributed by atoms with E-state index < -0.39 is 29.6 Å². The Balaban J connectivity index is 2.48. The van der Waals surface area contributed by atoms with Crippen molar-refractivity contribution in [2.75, 3.05) is 5.32 Å². The van der Waals surface area contributed by atoms with Crippen molar-refractivity contribution in [1.29, 1.82) is 0 Å². The number of urea groups is 1. The van der Waals surface area contributed by atoms with E-state index in [1.54, 1.807) is 0 Å². The monoisotopic (exact) mass is 331 g/mol. The Morgan fingerprint density at radius 1 is 1.22 bits per heavy atom. The number of carbonyl (C=O) groups is 2. The highest BCUT2D eigenvalue weighted by Crippen LogP contribution is 2.32. The number of rotatable bonds is 3. The summed E-state index contributed by atoms with van der Waals surface area (Å²) < 4.78 is 52.2. The average Bonchev–Trinajstić information content (AvgIpc) is 2.80. The first-order chi connectivity index (χ1) is 10.6. The molecule has 0 atom stereocenters. The Morgan fingerprint density at radius 2 is 1.87 bits per heavy atom. The largest absolute Gasteiger partial charge is 0.478 e. The van der Waals surface area contributed by atoms with Crippen LogP contribution in [0.1, 0.15) is 15.9 Å². The van der Waals surface area contributed by atoms with Gasteiger partial charge in [-0.3, -0.25) is 0 Å². The highest BCUT2D eigenvalue weighted by atomic mass is 19.4. The number of amides is 2. The van der Waals surface area contributed by atoms with Gasteiger partial charge in [0.15, 0.2) is 0 Å². The van der Waals surface area contributed by atoms with E-state index in [1.165, 1.54) is 0 Å². The molecule has 2 rings (SSSR count). The van der Waals surface area contributed by atoms with E-state index >= 15 is 0 Å². The zero-order chi connectivity index (χ0) is 17.4. The first kappa shape index (κ1) is 16.3. The highest BCUT2D eigenvalue weighted by molar-refractivity contribution is 5.99. The number of hydrogen-bond acceptors (Lipinski definition) is 2. The van der Waals surface area contributed by atoms with Crippen LogP contribution in [-0.2, 0) is 6.18 Å². The SMILES string of the molecule is NC(=O)Nc1cn(-c2ccc(C(F)(F)F)c(F)c2)cc1C(=O)O. The Labute approximate surface area is 126 Å².